The van der Waals surface area contributed by atoms with Gasteiger partial charge in [0.25, 0.3) is 0 Å². The molecule has 1 rings (SSSR count). The molecule has 0 aromatic carbocycles. The summed E-state index contributed by atoms with van der Waals surface area (Å²) in [6.45, 7) is 11.9. The van der Waals surface area contributed by atoms with Crippen LogP contribution in [0.5, 0.6) is 0 Å². The maximum absolute atomic E-state index is 12.0. The van der Waals surface area contributed by atoms with Crippen molar-refractivity contribution in [2.24, 2.45) is 0 Å². The molecule has 0 spiro atoms. The molecule has 1 fully saturated rings. The van der Waals surface area contributed by atoms with Crippen LogP contribution in [0.3, 0.4) is 0 Å². The van der Waals surface area contributed by atoms with E-state index >= 15 is 0 Å². The minimum Gasteiger partial charge on any atom is -0.468 e. The molecule has 21 heavy (non-hydrogen) atoms. The topological polar surface area (TPSA) is 44.8 Å². The molecule has 0 radical (unpaired) electrons. The molecule has 0 amide bonds. The van der Waals surface area contributed by atoms with Crippen LogP contribution in [0.2, 0.25) is 0 Å². The van der Waals surface area contributed by atoms with Crippen molar-refractivity contribution in [3.8, 4) is 0 Å². The average molecular weight is 299 g/mol. The van der Waals surface area contributed by atoms with Gasteiger partial charge in [-0.05, 0) is 53.6 Å². The number of unbranched alkanes of at least 4 members (excludes halogenated alkanes) is 1. The van der Waals surface area contributed by atoms with Crippen LogP contribution >= 0.6 is 0 Å². The van der Waals surface area contributed by atoms with Crippen molar-refractivity contribution in [2.45, 2.75) is 51.6 Å². The molecule has 1 heterocycles. The summed E-state index contributed by atoms with van der Waals surface area (Å²) in [6.07, 6.45) is 3.00. The largest absolute Gasteiger partial charge is 0.468 e. The Kier molecular flexibility index (Phi) is 7.63. The number of ether oxygens (including phenoxy) is 1. The number of carbonyl (C=O) groups excluding carboxylic acids is 1. The smallest absolute Gasteiger partial charge is 0.325 e. The molecule has 0 bridgehead atoms. The van der Waals surface area contributed by atoms with Crippen LogP contribution in [0, 0.1) is 0 Å². The standard InChI is InChI=1S/C16H33N3O2/c1-14(2)17-16(3,15(20)21-5)8-6-7-9-19-12-10-18(4)11-13-19/h14,17H,6-13H2,1-5H3. The van der Waals surface area contributed by atoms with Gasteiger partial charge < -0.3 is 14.5 Å². The number of hydrogen-bond acceptors (Lipinski definition) is 5. The van der Waals surface area contributed by atoms with E-state index in [1.54, 1.807) is 0 Å². The van der Waals surface area contributed by atoms with Crippen LogP contribution in [-0.2, 0) is 9.53 Å². The number of nitrogens with one attached hydrogen (secondary N) is 1. The molecule has 1 N–H and O–H groups in total. The zero-order valence-corrected chi connectivity index (χ0v) is 14.4. The summed E-state index contributed by atoms with van der Waals surface area (Å²) >= 11 is 0. The fourth-order valence-electron chi connectivity index (χ4n) is 2.98. The molecule has 1 aliphatic heterocycles. The number of carbonyl (C=O) groups is 1. The van der Waals surface area contributed by atoms with Crippen molar-refractivity contribution in [3.63, 3.8) is 0 Å². The Morgan fingerprint density at radius 2 is 1.86 bits per heavy atom. The minimum atomic E-state index is -0.564. The van der Waals surface area contributed by atoms with Gasteiger partial charge in [-0.15, -0.1) is 0 Å². The molecule has 1 saturated heterocycles. The van der Waals surface area contributed by atoms with E-state index in [1.165, 1.54) is 7.11 Å². The van der Waals surface area contributed by atoms with Crippen LogP contribution in [0.1, 0.15) is 40.0 Å². The van der Waals surface area contributed by atoms with Gasteiger partial charge in [-0.25, -0.2) is 0 Å². The van der Waals surface area contributed by atoms with Gasteiger partial charge >= 0.3 is 5.97 Å². The Hall–Kier alpha value is -0.650. The number of likely N-dealkylation sites (N-methyl/N-ethyl adjacent to an activating group) is 1. The summed E-state index contributed by atoms with van der Waals surface area (Å²) in [5.41, 5.74) is -0.564. The van der Waals surface area contributed by atoms with Gasteiger partial charge in [0.2, 0.25) is 0 Å². The highest BCUT2D eigenvalue weighted by atomic mass is 16.5. The van der Waals surface area contributed by atoms with E-state index in [9.17, 15) is 4.79 Å². The van der Waals surface area contributed by atoms with Gasteiger partial charge in [0.1, 0.15) is 5.54 Å². The summed E-state index contributed by atoms with van der Waals surface area (Å²) in [5.74, 6) is -0.157. The molecule has 0 aliphatic carbocycles. The molecule has 1 atom stereocenters. The second kappa shape index (κ2) is 8.71. The fraction of sp³-hybridized carbons (Fsp3) is 0.938. The van der Waals surface area contributed by atoms with E-state index in [-0.39, 0.29) is 12.0 Å². The molecule has 0 aromatic rings. The summed E-state index contributed by atoms with van der Waals surface area (Å²) in [7, 11) is 3.64. The number of esters is 1. The first kappa shape index (κ1) is 18.4. The highest BCUT2D eigenvalue weighted by Crippen LogP contribution is 2.17. The number of methoxy groups -OCH3 is 1. The van der Waals surface area contributed by atoms with Gasteiger partial charge in [-0.3, -0.25) is 10.1 Å². The predicted molar refractivity (Wildman–Crippen MR) is 86.5 cm³/mol. The van der Waals surface area contributed by atoms with E-state index in [1.807, 2.05) is 6.92 Å². The van der Waals surface area contributed by atoms with Crippen LogP contribution in [0.25, 0.3) is 0 Å². The van der Waals surface area contributed by atoms with E-state index in [4.69, 9.17) is 4.74 Å². The maximum Gasteiger partial charge on any atom is 0.325 e. The van der Waals surface area contributed by atoms with Gasteiger partial charge in [-0.2, -0.15) is 0 Å². The number of hydrogen-bond donors (Lipinski definition) is 1. The Labute approximate surface area is 130 Å². The van der Waals surface area contributed by atoms with Crippen molar-refractivity contribution in [2.75, 3.05) is 46.9 Å². The number of rotatable bonds is 8. The van der Waals surface area contributed by atoms with E-state index < -0.39 is 5.54 Å². The maximum atomic E-state index is 12.0. The van der Waals surface area contributed by atoms with Crippen LogP contribution in [0.4, 0.5) is 0 Å². The first-order chi connectivity index (χ1) is 9.87. The van der Waals surface area contributed by atoms with Crippen molar-refractivity contribution >= 4 is 5.97 Å². The SMILES string of the molecule is COC(=O)C(C)(CCCCN1CCN(C)CC1)NC(C)C. The lowest BCUT2D eigenvalue weighted by atomic mass is 9.93. The summed E-state index contributed by atoms with van der Waals surface area (Å²) < 4.78 is 4.96. The Bertz CT molecular complexity index is 315. The summed E-state index contributed by atoms with van der Waals surface area (Å²) in [6, 6.07) is 0.270. The van der Waals surface area contributed by atoms with Crippen molar-refractivity contribution in [3.05, 3.63) is 0 Å². The number of piperazine rings is 1. The van der Waals surface area contributed by atoms with Gasteiger partial charge in [-0.1, -0.05) is 0 Å². The molecule has 5 heteroatoms. The van der Waals surface area contributed by atoms with Gasteiger partial charge in [0, 0.05) is 32.2 Å². The second-order valence-electron chi connectivity index (χ2n) is 6.72. The summed E-state index contributed by atoms with van der Waals surface area (Å²) in [4.78, 5) is 16.9. The molecule has 0 aromatic heterocycles. The lowest BCUT2D eigenvalue weighted by Crippen LogP contribution is -2.53. The summed E-state index contributed by atoms with van der Waals surface area (Å²) in [5, 5.41) is 3.36. The molecule has 5 nitrogen and oxygen atoms in total. The van der Waals surface area contributed by atoms with Crippen LogP contribution < -0.4 is 5.32 Å². The lowest BCUT2D eigenvalue weighted by Gasteiger charge is -2.33. The highest BCUT2D eigenvalue weighted by molar-refractivity contribution is 5.80. The molecule has 1 unspecified atom stereocenters. The quantitative estimate of drug-likeness (QED) is 0.541. The molecule has 124 valence electrons. The lowest BCUT2D eigenvalue weighted by molar-refractivity contribution is -0.148. The third kappa shape index (κ3) is 6.32. The Balaban J connectivity index is 2.31. The Morgan fingerprint density at radius 1 is 1.24 bits per heavy atom. The van der Waals surface area contributed by atoms with Gasteiger partial charge in [0.05, 0.1) is 7.11 Å². The fourth-order valence-corrected chi connectivity index (χ4v) is 2.98. The van der Waals surface area contributed by atoms with E-state index in [0.29, 0.717) is 0 Å². The van der Waals surface area contributed by atoms with Crippen molar-refractivity contribution in [1.82, 2.24) is 15.1 Å². The van der Waals surface area contributed by atoms with Crippen LogP contribution in [-0.4, -0.2) is 74.2 Å². The van der Waals surface area contributed by atoms with E-state index in [0.717, 1.165) is 52.0 Å². The van der Waals surface area contributed by atoms with E-state index in [2.05, 4.69) is 36.0 Å². The zero-order valence-electron chi connectivity index (χ0n) is 14.4. The third-order valence-electron chi connectivity index (χ3n) is 4.24. The monoisotopic (exact) mass is 299 g/mol. The minimum absolute atomic E-state index is 0.157. The predicted octanol–water partition coefficient (Wildman–Crippen LogP) is 1.33. The van der Waals surface area contributed by atoms with Crippen molar-refractivity contribution < 1.29 is 9.53 Å². The second-order valence-corrected chi connectivity index (χ2v) is 6.72. The highest BCUT2D eigenvalue weighted by Gasteiger charge is 2.34. The Morgan fingerprint density at radius 3 is 2.38 bits per heavy atom. The molecule has 0 saturated carbocycles. The first-order valence-electron chi connectivity index (χ1n) is 8.14. The van der Waals surface area contributed by atoms with Crippen LogP contribution in [0.15, 0.2) is 0 Å². The van der Waals surface area contributed by atoms with Gasteiger partial charge in [0.15, 0.2) is 0 Å². The number of nitrogens with zero attached hydrogens (tertiary/aromatic N) is 2. The normalized spacial score (nSPS) is 20.5. The third-order valence-corrected chi connectivity index (χ3v) is 4.24. The molecular formula is C16H33N3O2. The molecular weight excluding hydrogens is 266 g/mol. The van der Waals surface area contributed by atoms with Crippen molar-refractivity contribution in [1.29, 1.82) is 0 Å². The zero-order chi connectivity index (χ0) is 15.9. The molecule has 1 aliphatic rings. The average Bonchev–Trinajstić information content (AvgIpc) is 2.44. The first-order valence-corrected chi connectivity index (χ1v) is 8.14.